The Morgan fingerprint density at radius 1 is 1.16 bits per heavy atom. The van der Waals surface area contributed by atoms with Gasteiger partial charge in [0.05, 0.1) is 5.52 Å². The molecule has 1 atom stereocenters. The Bertz CT molecular complexity index is 951. The first-order valence-corrected chi connectivity index (χ1v) is 9.01. The molecule has 0 aromatic carbocycles. The van der Waals surface area contributed by atoms with E-state index < -0.39 is 0 Å². The number of rotatable bonds is 3. The minimum atomic E-state index is 0.355. The van der Waals surface area contributed by atoms with Crippen LogP contribution >= 0.6 is 0 Å². The molecule has 4 nitrogen and oxygen atoms in total. The number of allylic oxidation sites excluding steroid dienone is 1. The van der Waals surface area contributed by atoms with Gasteiger partial charge in [-0.1, -0.05) is 18.2 Å². The number of ether oxygens (including phenoxy) is 1. The smallest absolute Gasteiger partial charge is 0.213 e. The molecule has 2 aliphatic carbocycles. The first kappa shape index (κ1) is 14.7. The van der Waals surface area contributed by atoms with Crippen LogP contribution in [0.25, 0.3) is 17.0 Å². The van der Waals surface area contributed by atoms with Gasteiger partial charge in [-0.25, -0.2) is 4.98 Å². The van der Waals surface area contributed by atoms with Crippen molar-refractivity contribution in [2.45, 2.75) is 37.7 Å². The lowest BCUT2D eigenvalue weighted by Gasteiger charge is -2.26. The van der Waals surface area contributed by atoms with Gasteiger partial charge >= 0.3 is 0 Å². The van der Waals surface area contributed by atoms with E-state index in [2.05, 4.69) is 45.9 Å². The first-order chi connectivity index (χ1) is 12.3. The summed E-state index contributed by atoms with van der Waals surface area (Å²) in [5, 5.41) is 1.23. The Morgan fingerprint density at radius 2 is 2.08 bits per heavy atom. The molecule has 0 bridgehead atoms. The molecule has 0 radical (unpaired) electrons. The standard InChI is InChI=1S/C21H21N3O/c1-24-19-9-10-22-13-18(19)17-7-5-14(11-20(17)24)15-6-8-21(23-12-15)25-16-3-2-4-16/h5-10,12-14,16H,2-4,11H2,1H3. The third-order valence-electron chi connectivity index (χ3n) is 5.60. The van der Waals surface area contributed by atoms with E-state index in [1.54, 1.807) is 0 Å². The minimum Gasteiger partial charge on any atom is -0.474 e. The fraction of sp³-hybridized carbons (Fsp3) is 0.333. The maximum Gasteiger partial charge on any atom is 0.213 e. The number of hydrogen-bond donors (Lipinski definition) is 0. The van der Waals surface area contributed by atoms with E-state index in [0.29, 0.717) is 12.0 Å². The third-order valence-corrected chi connectivity index (χ3v) is 5.60. The molecule has 25 heavy (non-hydrogen) atoms. The van der Waals surface area contributed by atoms with E-state index >= 15 is 0 Å². The van der Waals surface area contributed by atoms with Gasteiger partial charge in [-0.2, -0.15) is 0 Å². The summed E-state index contributed by atoms with van der Waals surface area (Å²) in [6.07, 6.45) is 15.3. The predicted octanol–water partition coefficient (Wildman–Crippen LogP) is 4.25. The fourth-order valence-corrected chi connectivity index (χ4v) is 3.86. The maximum atomic E-state index is 5.87. The Labute approximate surface area is 147 Å². The Balaban J connectivity index is 1.42. The van der Waals surface area contributed by atoms with Crippen molar-refractivity contribution in [3.63, 3.8) is 0 Å². The number of pyridine rings is 2. The van der Waals surface area contributed by atoms with Gasteiger partial charge in [0.15, 0.2) is 0 Å². The Hall–Kier alpha value is -2.62. The van der Waals surface area contributed by atoms with Crippen molar-refractivity contribution in [1.82, 2.24) is 14.5 Å². The molecule has 0 saturated heterocycles. The van der Waals surface area contributed by atoms with E-state index in [9.17, 15) is 0 Å². The van der Waals surface area contributed by atoms with Gasteiger partial charge in [0, 0.05) is 54.3 Å². The zero-order chi connectivity index (χ0) is 16.8. The van der Waals surface area contributed by atoms with E-state index in [4.69, 9.17) is 4.74 Å². The molecule has 0 aliphatic heterocycles. The molecule has 2 aliphatic rings. The highest BCUT2D eigenvalue weighted by molar-refractivity contribution is 5.91. The van der Waals surface area contributed by atoms with Crippen LogP contribution in [-0.4, -0.2) is 20.6 Å². The predicted molar refractivity (Wildman–Crippen MR) is 98.7 cm³/mol. The van der Waals surface area contributed by atoms with Crippen molar-refractivity contribution < 1.29 is 4.74 Å². The van der Waals surface area contributed by atoms with E-state index in [-0.39, 0.29) is 0 Å². The monoisotopic (exact) mass is 331 g/mol. The number of hydrogen-bond acceptors (Lipinski definition) is 3. The number of fused-ring (bicyclic) bond motifs is 3. The zero-order valence-electron chi connectivity index (χ0n) is 14.4. The summed E-state index contributed by atoms with van der Waals surface area (Å²) < 4.78 is 8.16. The zero-order valence-corrected chi connectivity index (χ0v) is 14.4. The largest absolute Gasteiger partial charge is 0.474 e. The van der Waals surface area contributed by atoms with Gasteiger partial charge in [0.25, 0.3) is 0 Å². The number of nitrogens with zero attached hydrogens (tertiary/aromatic N) is 3. The van der Waals surface area contributed by atoms with Crippen LogP contribution in [0.3, 0.4) is 0 Å². The average Bonchev–Trinajstić information content (AvgIpc) is 2.91. The summed E-state index contributed by atoms with van der Waals surface area (Å²) in [4.78, 5) is 8.81. The van der Waals surface area contributed by atoms with Crippen LogP contribution in [0.1, 0.15) is 42.0 Å². The summed E-state index contributed by atoms with van der Waals surface area (Å²) in [7, 11) is 2.14. The van der Waals surface area contributed by atoms with Crippen molar-refractivity contribution in [3.8, 4) is 5.88 Å². The normalized spacial score (nSPS) is 19.6. The lowest BCUT2D eigenvalue weighted by Crippen LogP contribution is -2.24. The third kappa shape index (κ3) is 2.44. The maximum absolute atomic E-state index is 5.87. The van der Waals surface area contributed by atoms with Crippen molar-refractivity contribution in [2.24, 2.45) is 7.05 Å². The van der Waals surface area contributed by atoms with Crippen LogP contribution < -0.4 is 4.74 Å². The van der Waals surface area contributed by atoms with E-state index in [1.165, 1.54) is 34.1 Å². The topological polar surface area (TPSA) is 39.9 Å². The highest BCUT2D eigenvalue weighted by Crippen LogP contribution is 2.35. The number of aromatic nitrogens is 3. The van der Waals surface area contributed by atoms with Gasteiger partial charge < -0.3 is 9.30 Å². The Kier molecular flexibility index (Phi) is 3.37. The van der Waals surface area contributed by atoms with Crippen LogP contribution in [0.15, 0.2) is 42.9 Å². The van der Waals surface area contributed by atoms with Gasteiger partial charge in [-0.3, -0.25) is 4.98 Å². The molecule has 1 saturated carbocycles. The van der Waals surface area contributed by atoms with Crippen molar-refractivity contribution >= 4 is 17.0 Å². The van der Waals surface area contributed by atoms with Crippen molar-refractivity contribution in [2.75, 3.05) is 0 Å². The van der Waals surface area contributed by atoms with Crippen LogP contribution in [0.2, 0.25) is 0 Å². The molecule has 126 valence electrons. The van der Waals surface area contributed by atoms with Gasteiger partial charge in [0.2, 0.25) is 5.88 Å². The quantitative estimate of drug-likeness (QED) is 0.720. The molecule has 0 amide bonds. The average molecular weight is 331 g/mol. The Morgan fingerprint density at radius 3 is 2.84 bits per heavy atom. The summed E-state index contributed by atoms with van der Waals surface area (Å²) in [6, 6.07) is 6.26. The van der Waals surface area contributed by atoms with Gasteiger partial charge in [-0.15, -0.1) is 0 Å². The second kappa shape index (κ2) is 5.73. The molecule has 4 heteroatoms. The van der Waals surface area contributed by atoms with Crippen LogP contribution in [0.5, 0.6) is 5.88 Å². The van der Waals surface area contributed by atoms with Crippen molar-refractivity contribution in [1.29, 1.82) is 0 Å². The van der Waals surface area contributed by atoms with Crippen LogP contribution in [-0.2, 0) is 13.5 Å². The molecule has 3 aromatic heterocycles. The molecule has 5 rings (SSSR count). The molecular formula is C21H21N3O. The van der Waals surface area contributed by atoms with E-state index in [0.717, 1.165) is 25.1 Å². The molecule has 0 N–H and O–H groups in total. The van der Waals surface area contributed by atoms with Crippen LogP contribution in [0, 0.1) is 0 Å². The second-order valence-corrected chi connectivity index (χ2v) is 7.08. The second-order valence-electron chi connectivity index (χ2n) is 7.08. The van der Waals surface area contributed by atoms with Crippen LogP contribution in [0.4, 0.5) is 0 Å². The van der Waals surface area contributed by atoms with Gasteiger partial charge in [-0.05, 0) is 37.3 Å². The van der Waals surface area contributed by atoms with Crippen molar-refractivity contribution in [3.05, 3.63) is 59.7 Å². The molecule has 3 aromatic rings. The lowest BCUT2D eigenvalue weighted by molar-refractivity contribution is 0.114. The summed E-state index contributed by atoms with van der Waals surface area (Å²) in [5.41, 5.74) is 5.16. The van der Waals surface area contributed by atoms with Gasteiger partial charge in [0.1, 0.15) is 6.10 Å². The first-order valence-electron chi connectivity index (χ1n) is 9.01. The summed E-state index contributed by atoms with van der Waals surface area (Å²) in [5.74, 6) is 1.11. The van der Waals surface area contributed by atoms with E-state index in [1.807, 2.05) is 24.7 Å². The molecule has 3 heterocycles. The molecule has 1 fully saturated rings. The molecule has 1 unspecified atom stereocenters. The summed E-state index contributed by atoms with van der Waals surface area (Å²) >= 11 is 0. The minimum absolute atomic E-state index is 0.355. The highest BCUT2D eigenvalue weighted by Gasteiger charge is 2.23. The number of aryl methyl sites for hydroxylation is 1. The molecular weight excluding hydrogens is 310 g/mol. The lowest BCUT2D eigenvalue weighted by atomic mass is 9.89. The highest BCUT2D eigenvalue weighted by atomic mass is 16.5. The SMILES string of the molecule is Cn1c2c(c3cnccc31)C=CC(c1ccc(OC3CCC3)nc1)C2. The fourth-order valence-electron chi connectivity index (χ4n) is 3.86. The summed E-state index contributed by atoms with van der Waals surface area (Å²) in [6.45, 7) is 0. The molecule has 0 spiro atoms.